The van der Waals surface area contributed by atoms with Gasteiger partial charge in [0, 0.05) is 28.6 Å². The number of rotatable bonds is 3. The zero-order valence-corrected chi connectivity index (χ0v) is 6.54. The van der Waals surface area contributed by atoms with Crippen LogP contribution in [0.25, 0.3) is 0 Å². The van der Waals surface area contributed by atoms with Crippen LogP contribution in [0, 0.1) is 0 Å². The molecule has 0 bridgehead atoms. The van der Waals surface area contributed by atoms with Crippen molar-refractivity contribution in [3.05, 3.63) is 12.2 Å². The zero-order valence-electron chi connectivity index (χ0n) is 4.83. The highest BCUT2D eigenvalue weighted by molar-refractivity contribution is 7.84. The van der Waals surface area contributed by atoms with E-state index in [9.17, 15) is 4.21 Å². The lowest BCUT2D eigenvalue weighted by Crippen LogP contribution is -1.87. The molecule has 0 aromatic heterocycles. The van der Waals surface area contributed by atoms with Crippen molar-refractivity contribution in [2.75, 3.05) is 17.8 Å². The summed E-state index contributed by atoms with van der Waals surface area (Å²) in [4.78, 5) is 0. The standard InChI is InChI=1S/C5H10OS2/c1-8(6)5-3-2-4-7/h2-3,7H,4-5H2,1H3. The van der Waals surface area contributed by atoms with Crippen molar-refractivity contribution >= 4 is 23.4 Å². The molecule has 0 aliphatic heterocycles. The van der Waals surface area contributed by atoms with Crippen LogP contribution < -0.4 is 0 Å². The van der Waals surface area contributed by atoms with Gasteiger partial charge in [0.15, 0.2) is 0 Å². The predicted octanol–water partition coefficient (Wildman–Crippen LogP) is 0.851. The van der Waals surface area contributed by atoms with Crippen LogP contribution >= 0.6 is 12.6 Å². The van der Waals surface area contributed by atoms with E-state index in [1.54, 1.807) is 6.26 Å². The Morgan fingerprint density at radius 1 is 1.62 bits per heavy atom. The van der Waals surface area contributed by atoms with Crippen molar-refractivity contribution < 1.29 is 4.21 Å². The average Bonchev–Trinajstić information content (AvgIpc) is 1.66. The van der Waals surface area contributed by atoms with Crippen LogP contribution in [-0.2, 0) is 10.8 Å². The molecular formula is C5H10OS2. The van der Waals surface area contributed by atoms with Crippen molar-refractivity contribution in [2.45, 2.75) is 0 Å². The first-order chi connectivity index (χ1) is 3.77. The summed E-state index contributed by atoms with van der Waals surface area (Å²) in [6.45, 7) is 0. The number of thiol groups is 1. The third-order valence-corrected chi connectivity index (χ3v) is 1.48. The quantitative estimate of drug-likeness (QED) is 0.466. The minimum atomic E-state index is -0.688. The normalized spacial score (nSPS) is 14.8. The second-order valence-corrected chi connectivity index (χ2v) is 3.24. The number of hydrogen-bond donors (Lipinski definition) is 1. The van der Waals surface area contributed by atoms with E-state index in [2.05, 4.69) is 12.6 Å². The van der Waals surface area contributed by atoms with Gasteiger partial charge in [-0.3, -0.25) is 4.21 Å². The van der Waals surface area contributed by atoms with E-state index in [1.165, 1.54) is 0 Å². The van der Waals surface area contributed by atoms with E-state index in [0.29, 0.717) is 5.75 Å². The minimum Gasteiger partial charge on any atom is -0.260 e. The highest BCUT2D eigenvalue weighted by Crippen LogP contribution is 1.79. The molecule has 0 saturated carbocycles. The molecule has 0 aliphatic carbocycles. The van der Waals surface area contributed by atoms with Crippen LogP contribution in [0.4, 0.5) is 0 Å². The van der Waals surface area contributed by atoms with E-state index in [-0.39, 0.29) is 0 Å². The Morgan fingerprint density at radius 2 is 2.25 bits per heavy atom. The summed E-state index contributed by atoms with van der Waals surface area (Å²) in [6.07, 6.45) is 5.45. The number of hydrogen-bond acceptors (Lipinski definition) is 2. The van der Waals surface area contributed by atoms with Crippen LogP contribution in [0.3, 0.4) is 0 Å². The fourth-order valence-electron chi connectivity index (χ4n) is 0.278. The summed E-state index contributed by atoms with van der Waals surface area (Å²) in [6, 6.07) is 0. The van der Waals surface area contributed by atoms with E-state index in [1.807, 2.05) is 12.2 Å². The largest absolute Gasteiger partial charge is 0.260 e. The van der Waals surface area contributed by atoms with Gasteiger partial charge in [0.25, 0.3) is 0 Å². The van der Waals surface area contributed by atoms with Gasteiger partial charge in [-0.25, -0.2) is 0 Å². The first kappa shape index (κ1) is 8.24. The molecule has 1 atom stereocenters. The maximum Gasteiger partial charge on any atom is 0.0412 e. The summed E-state index contributed by atoms with van der Waals surface area (Å²) < 4.78 is 10.4. The molecule has 0 rings (SSSR count). The lowest BCUT2D eigenvalue weighted by atomic mass is 10.6. The molecule has 0 aliphatic rings. The first-order valence-electron chi connectivity index (χ1n) is 2.33. The second-order valence-electron chi connectivity index (χ2n) is 1.39. The lowest BCUT2D eigenvalue weighted by molar-refractivity contribution is 0.688. The summed E-state index contributed by atoms with van der Waals surface area (Å²) in [7, 11) is -0.688. The van der Waals surface area contributed by atoms with Crippen molar-refractivity contribution in [3.8, 4) is 0 Å². The van der Waals surface area contributed by atoms with Gasteiger partial charge in [-0.15, -0.1) is 0 Å². The molecule has 3 heteroatoms. The van der Waals surface area contributed by atoms with Crippen LogP contribution in [0.5, 0.6) is 0 Å². The Hall–Kier alpha value is 0.240. The molecule has 0 N–H and O–H groups in total. The maximum absolute atomic E-state index is 10.4. The summed E-state index contributed by atoms with van der Waals surface area (Å²) in [5, 5.41) is 0. The highest BCUT2D eigenvalue weighted by atomic mass is 32.2. The fourth-order valence-corrected chi connectivity index (χ4v) is 0.834. The van der Waals surface area contributed by atoms with Gasteiger partial charge in [0.2, 0.25) is 0 Å². The third-order valence-electron chi connectivity index (χ3n) is 0.603. The fraction of sp³-hybridized carbons (Fsp3) is 0.600. The monoisotopic (exact) mass is 150 g/mol. The third kappa shape index (κ3) is 6.24. The smallest absolute Gasteiger partial charge is 0.0412 e. The Labute approximate surface area is 58.0 Å². The van der Waals surface area contributed by atoms with Gasteiger partial charge >= 0.3 is 0 Å². The molecule has 48 valence electrons. The molecule has 1 unspecified atom stereocenters. The van der Waals surface area contributed by atoms with Crippen LogP contribution in [0.15, 0.2) is 12.2 Å². The Morgan fingerprint density at radius 3 is 2.62 bits per heavy atom. The minimum absolute atomic E-state index is 0.653. The van der Waals surface area contributed by atoms with E-state index in [0.717, 1.165) is 5.75 Å². The van der Waals surface area contributed by atoms with Gasteiger partial charge < -0.3 is 0 Å². The Kier molecular flexibility index (Phi) is 5.54. The van der Waals surface area contributed by atoms with Crippen molar-refractivity contribution in [2.24, 2.45) is 0 Å². The van der Waals surface area contributed by atoms with Crippen LogP contribution in [0.1, 0.15) is 0 Å². The molecule has 8 heavy (non-hydrogen) atoms. The van der Waals surface area contributed by atoms with E-state index >= 15 is 0 Å². The molecule has 0 aromatic rings. The van der Waals surface area contributed by atoms with Crippen molar-refractivity contribution in [3.63, 3.8) is 0 Å². The highest BCUT2D eigenvalue weighted by Gasteiger charge is 1.79. The Bertz CT molecular complexity index is 98.6. The molecular weight excluding hydrogens is 140 g/mol. The zero-order chi connectivity index (χ0) is 6.41. The van der Waals surface area contributed by atoms with Crippen molar-refractivity contribution in [1.29, 1.82) is 0 Å². The molecule has 0 amide bonds. The summed E-state index contributed by atoms with van der Waals surface area (Å²) in [5.74, 6) is 1.39. The summed E-state index contributed by atoms with van der Waals surface area (Å²) >= 11 is 3.94. The second kappa shape index (κ2) is 5.38. The molecule has 0 saturated heterocycles. The van der Waals surface area contributed by atoms with Crippen LogP contribution in [0.2, 0.25) is 0 Å². The first-order valence-corrected chi connectivity index (χ1v) is 4.69. The molecule has 0 spiro atoms. The predicted molar refractivity (Wildman–Crippen MR) is 41.9 cm³/mol. The van der Waals surface area contributed by atoms with E-state index in [4.69, 9.17) is 0 Å². The molecule has 0 aromatic carbocycles. The van der Waals surface area contributed by atoms with Gasteiger partial charge in [0.1, 0.15) is 0 Å². The van der Waals surface area contributed by atoms with Crippen molar-refractivity contribution in [1.82, 2.24) is 0 Å². The van der Waals surface area contributed by atoms with Crippen LogP contribution in [-0.4, -0.2) is 22.0 Å². The van der Waals surface area contributed by atoms with Gasteiger partial charge in [-0.05, 0) is 0 Å². The molecule has 0 fully saturated rings. The van der Waals surface area contributed by atoms with E-state index < -0.39 is 10.8 Å². The molecule has 0 radical (unpaired) electrons. The molecule has 1 nitrogen and oxygen atoms in total. The molecule has 0 heterocycles. The van der Waals surface area contributed by atoms with Gasteiger partial charge in [-0.2, -0.15) is 12.6 Å². The topological polar surface area (TPSA) is 17.1 Å². The SMILES string of the molecule is CS(=O)CC=CCS. The Balaban J connectivity index is 3.16. The lowest BCUT2D eigenvalue weighted by Gasteiger charge is -1.82. The van der Waals surface area contributed by atoms with Gasteiger partial charge in [0.05, 0.1) is 0 Å². The average molecular weight is 150 g/mol. The van der Waals surface area contributed by atoms with Gasteiger partial charge in [-0.1, -0.05) is 12.2 Å². The summed E-state index contributed by atoms with van der Waals surface area (Å²) in [5.41, 5.74) is 0. The maximum atomic E-state index is 10.4.